The second-order valence-electron chi connectivity index (χ2n) is 12.6. The molecule has 0 radical (unpaired) electrons. The van der Waals surface area contributed by atoms with E-state index in [1.54, 1.807) is 0 Å². The fourth-order valence-corrected chi connectivity index (χ4v) is 7.51. The number of para-hydroxylation sites is 2. The van der Waals surface area contributed by atoms with E-state index in [0.29, 0.717) is 0 Å². The summed E-state index contributed by atoms with van der Waals surface area (Å²) in [6.07, 6.45) is 0. The summed E-state index contributed by atoms with van der Waals surface area (Å²) in [6.45, 7) is 0. The molecule has 0 saturated carbocycles. The Morgan fingerprint density at radius 3 is 1.90 bits per heavy atom. The van der Waals surface area contributed by atoms with Crippen LogP contribution >= 0.6 is 0 Å². The van der Waals surface area contributed by atoms with Crippen LogP contribution in [0.25, 0.3) is 71.3 Å². The Labute approximate surface area is 283 Å². The highest BCUT2D eigenvalue weighted by Gasteiger charge is 2.20. The molecule has 0 fully saturated rings. The van der Waals surface area contributed by atoms with Gasteiger partial charge in [0, 0.05) is 49.7 Å². The molecule has 8 aromatic carbocycles. The van der Waals surface area contributed by atoms with Crippen molar-refractivity contribution in [3.05, 3.63) is 182 Å². The Bertz CT molecular complexity index is 2830. The van der Waals surface area contributed by atoms with Crippen LogP contribution in [0, 0.1) is 0 Å². The third kappa shape index (κ3) is 4.44. The first-order chi connectivity index (χ1) is 24.3. The van der Waals surface area contributed by atoms with Gasteiger partial charge in [-0.2, -0.15) is 0 Å². The normalized spacial score (nSPS) is 11.7. The Kier molecular flexibility index (Phi) is 6.18. The van der Waals surface area contributed by atoms with Gasteiger partial charge in [-0.1, -0.05) is 115 Å². The number of hydrogen-bond donors (Lipinski definition) is 0. The summed E-state index contributed by atoms with van der Waals surface area (Å²) >= 11 is 0. The van der Waals surface area contributed by atoms with Crippen molar-refractivity contribution in [1.82, 2.24) is 4.57 Å². The lowest BCUT2D eigenvalue weighted by Gasteiger charge is -2.26. The number of anilines is 3. The van der Waals surface area contributed by atoms with Gasteiger partial charge in [-0.05, 0) is 83.2 Å². The van der Waals surface area contributed by atoms with Crippen molar-refractivity contribution in [2.24, 2.45) is 0 Å². The van der Waals surface area contributed by atoms with E-state index in [2.05, 4.69) is 179 Å². The molecule has 3 heteroatoms. The van der Waals surface area contributed by atoms with Crippen LogP contribution in [0.15, 0.2) is 186 Å². The van der Waals surface area contributed by atoms with Crippen LogP contribution in [0.5, 0.6) is 0 Å². The number of aromatic nitrogens is 1. The molecule has 0 N–H and O–H groups in total. The van der Waals surface area contributed by atoms with Crippen LogP contribution in [0.4, 0.5) is 17.1 Å². The molecule has 0 aliphatic carbocycles. The molecule has 2 aromatic heterocycles. The van der Waals surface area contributed by atoms with Gasteiger partial charge in [-0.15, -0.1) is 0 Å². The molecule has 2 heterocycles. The molecule has 0 saturated heterocycles. The molecule has 0 amide bonds. The number of furan rings is 1. The number of rotatable bonds is 5. The minimum absolute atomic E-state index is 0.885. The van der Waals surface area contributed by atoms with Gasteiger partial charge >= 0.3 is 0 Å². The average Bonchev–Trinajstić information content (AvgIpc) is 3.71. The van der Waals surface area contributed by atoms with Crippen molar-refractivity contribution in [1.29, 1.82) is 0 Å². The molecule has 3 nitrogen and oxygen atoms in total. The van der Waals surface area contributed by atoms with Crippen LogP contribution < -0.4 is 4.90 Å². The summed E-state index contributed by atoms with van der Waals surface area (Å²) in [5.41, 5.74) is 10.9. The lowest BCUT2D eigenvalue weighted by atomic mass is 10.0. The summed E-state index contributed by atoms with van der Waals surface area (Å²) in [6, 6.07) is 65.1. The van der Waals surface area contributed by atoms with Crippen molar-refractivity contribution in [2.75, 3.05) is 4.90 Å². The first-order valence-corrected chi connectivity index (χ1v) is 16.7. The van der Waals surface area contributed by atoms with Gasteiger partial charge in [0.1, 0.15) is 11.2 Å². The van der Waals surface area contributed by atoms with Gasteiger partial charge in [0.05, 0.1) is 11.0 Å². The summed E-state index contributed by atoms with van der Waals surface area (Å²) in [4.78, 5) is 2.37. The first-order valence-electron chi connectivity index (χ1n) is 16.7. The zero-order valence-electron chi connectivity index (χ0n) is 26.6. The monoisotopic (exact) mass is 626 g/mol. The SMILES string of the molecule is c1ccc(-c2cccc(N(c3ccc4oc5ccccc5c4c3)c3ccc4c(c3)c3ccc5ccccc5c3n4-c3ccccc3)c2)cc1. The van der Waals surface area contributed by atoms with Gasteiger partial charge in [0.25, 0.3) is 0 Å². The predicted molar refractivity (Wildman–Crippen MR) is 206 cm³/mol. The summed E-state index contributed by atoms with van der Waals surface area (Å²) in [7, 11) is 0. The van der Waals surface area contributed by atoms with Crippen molar-refractivity contribution >= 4 is 71.6 Å². The third-order valence-electron chi connectivity index (χ3n) is 9.74. The molecule has 49 heavy (non-hydrogen) atoms. The lowest BCUT2D eigenvalue weighted by Crippen LogP contribution is -2.10. The highest BCUT2D eigenvalue weighted by Crippen LogP contribution is 2.43. The van der Waals surface area contributed by atoms with Gasteiger partial charge in [-0.3, -0.25) is 0 Å². The van der Waals surface area contributed by atoms with Crippen molar-refractivity contribution in [3.8, 4) is 16.8 Å². The molecule has 0 aliphatic rings. The zero-order valence-corrected chi connectivity index (χ0v) is 26.6. The van der Waals surface area contributed by atoms with Gasteiger partial charge in [0.15, 0.2) is 0 Å². The lowest BCUT2D eigenvalue weighted by molar-refractivity contribution is 0.669. The second-order valence-corrected chi connectivity index (χ2v) is 12.6. The molecular formula is C46H30N2O. The number of fused-ring (bicyclic) bond motifs is 8. The van der Waals surface area contributed by atoms with E-state index in [0.717, 1.165) is 44.7 Å². The number of benzene rings is 8. The molecule has 10 rings (SSSR count). The third-order valence-corrected chi connectivity index (χ3v) is 9.74. The summed E-state index contributed by atoms with van der Waals surface area (Å²) in [5.74, 6) is 0. The van der Waals surface area contributed by atoms with E-state index in [1.165, 1.54) is 43.7 Å². The van der Waals surface area contributed by atoms with Crippen LogP contribution in [0.2, 0.25) is 0 Å². The Morgan fingerprint density at radius 2 is 1.04 bits per heavy atom. The van der Waals surface area contributed by atoms with Crippen LogP contribution in [0.1, 0.15) is 0 Å². The largest absolute Gasteiger partial charge is 0.456 e. The molecule has 0 spiro atoms. The smallest absolute Gasteiger partial charge is 0.135 e. The van der Waals surface area contributed by atoms with E-state index in [-0.39, 0.29) is 0 Å². The maximum absolute atomic E-state index is 6.24. The van der Waals surface area contributed by atoms with Crippen molar-refractivity contribution in [2.45, 2.75) is 0 Å². The minimum Gasteiger partial charge on any atom is -0.456 e. The van der Waals surface area contributed by atoms with Gasteiger partial charge < -0.3 is 13.9 Å². The van der Waals surface area contributed by atoms with Crippen LogP contribution in [-0.2, 0) is 0 Å². The topological polar surface area (TPSA) is 21.3 Å². The van der Waals surface area contributed by atoms with Gasteiger partial charge in [0.2, 0.25) is 0 Å². The molecule has 10 aromatic rings. The first kappa shape index (κ1) is 27.5. The Hall–Kier alpha value is -6.58. The van der Waals surface area contributed by atoms with Crippen molar-refractivity contribution in [3.63, 3.8) is 0 Å². The quantitative estimate of drug-likeness (QED) is 0.190. The fourth-order valence-electron chi connectivity index (χ4n) is 7.51. The van der Waals surface area contributed by atoms with E-state index in [9.17, 15) is 0 Å². The minimum atomic E-state index is 0.885. The molecule has 0 bridgehead atoms. The molecule has 230 valence electrons. The van der Waals surface area contributed by atoms with Crippen LogP contribution in [-0.4, -0.2) is 4.57 Å². The Balaban J connectivity index is 1.25. The zero-order chi connectivity index (χ0) is 32.3. The maximum Gasteiger partial charge on any atom is 0.135 e. The van der Waals surface area contributed by atoms with Crippen molar-refractivity contribution < 1.29 is 4.42 Å². The fraction of sp³-hybridized carbons (Fsp3) is 0. The van der Waals surface area contributed by atoms with E-state index >= 15 is 0 Å². The summed E-state index contributed by atoms with van der Waals surface area (Å²) in [5, 5.41) is 7.13. The van der Waals surface area contributed by atoms with E-state index in [4.69, 9.17) is 4.42 Å². The van der Waals surface area contributed by atoms with E-state index in [1.807, 2.05) is 12.1 Å². The molecule has 0 atom stereocenters. The standard InChI is InChI=1S/C46H30N2O/c1-3-12-31(13-4-1)33-15-11-18-35(28-33)47(37-24-27-45-42(30-37)39-20-9-10-21-44(39)49-45)36-23-26-43-41(29-36)40-25-22-32-14-7-8-19-38(32)46(40)48(43)34-16-5-2-6-17-34/h1-30H. The predicted octanol–water partition coefficient (Wildman–Crippen LogP) is 13.0. The van der Waals surface area contributed by atoms with Crippen LogP contribution in [0.3, 0.4) is 0 Å². The molecule has 0 unspecified atom stereocenters. The highest BCUT2D eigenvalue weighted by atomic mass is 16.3. The summed E-state index contributed by atoms with van der Waals surface area (Å²) < 4.78 is 8.66. The van der Waals surface area contributed by atoms with Gasteiger partial charge in [-0.25, -0.2) is 0 Å². The van der Waals surface area contributed by atoms with E-state index < -0.39 is 0 Å². The number of nitrogens with zero attached hydrogens (tertiary/aromatic N) is 2. The number of hydrogen-bond acceptors (Lipinski definition) is 2. The Morgan fingerprint density at radius 1 is 0.388 bits per heavy atom. The second kappa shape index (κ2) is 11.0. The molecule has 0 aliphatic heterocycles. The average molecular weight is 627 g/mol. The maximum atomic E-state index is 6.24. The highest BCUT2D eigenvalue weighted by molar-refractivity contribution is 6.19. The molecular weight excluding hydrogens is 597 g/mol.